The number of nitrogens with zero attached hydrogens (tertiary/aromatic N) is 3. The number of carbonyl (C=O) groups is 1. The molecular formula is C11H20N4O2S. The Balaban J connectivity index is 2.87. The van der Waals surface area contributed by atoms with Crippen molar-refractivity contribution < 1.29 is 9.90 Å². The van der Waals surface area contributed by atoms with E-state index in [1.807, 2.05) is 25.9 Å². The van der Waals surface area contributed by atoms with E-state index in [9.17, 15) is 4.79 Å². The first-order valence-corrected chi connectivity index (χ1v) is 6.66. The number of thiazole rings is 1. The second-order valence-corrected chi connectivity index (χ2v) is 5.04. The van der Waals surface area contributed by atoms with Gasteiger partial charge < -0.3 is 20.6 Å². The molecule has 0 aliphatic heterocycles. The summed E-state index contributed by atoms with van der Waals surface area (Å²) in [5.74, 6) is 0.158. The minimum atomic E-state index is -0.117. The zero-order valence-corrected chi connectivity index (χ0v) is 11.8. The predicted molar refractivity (Wildman–Crippen MR) is 74.1 cm³/mol. The third-order valence-electron chi connectivity index (χ3n) is 2.47. The maximum absolute atomic E-state index is 12.3. The Labute approximate surface area is 111 Å². The van der Waals surface area contributed by atoms with Gasteiger partial charge in [-0.2, -0.15) is 0 Å². The van der Waals surface area contributed by atoms with Crippen molar-refractivity contribution in [3.8, 4) is 0 Å². The Morgan fingerprint density at radius 3 is 2.61 bits per heavy atom. The van der Waals surface area contributed by atoms with E-state index in [1.54, 1.807) is 4.90 Å². The summed E-state index contributed by atoms with van der Waals surface area (Å²) in [7, 11) is 3.71. The van der Waals surface area contributed by atoms with E-state index >= 15 is 0 Å². The fourth-order valence-electron chi connectivity index (χ4n) is 1.47. The number of nitrogen functional groups attached to an aromatic ring is 1. The van der Waals surface area contributed by atoms with Crippen LogP contribution in [-0.2, 0) is 0 Å². The van der Waals surface area contributed by atoms with E-state index in [0.29, 0.717) is 29.5 Å². The van der Waals surface area contributed by atoms with Crippen LogP contribution in [0.1, 0.15) is 23.0 Å². The van der Waals surface area contributed by atoms with E-state index in [4.69, 9.17) is 10.8 Å². The average molecular weight is 272 g/mol. The van der Waals surface area contributed by atoms with Crippen LogP contribution in [0.2, 0.25) is 0 Å². The minimum absolute atomic E-state index is 0.0743. The summed E-state index contributed by atoms with van der Waals surface area (Å²) in [6.45, 7) is 3.10. The van der Waals surface area contributed by atoms with Gasteiger partial charge in [-0.05, 0) is 13.3 Å². The van der Waals surface area contributed by atoms with E-state index in [-0.39, 0.29) is 18.3 Å². The van der Waals surface area contributed by atoms with Crippen molar-refractivity contribution in [3.63, 3.8) is 0 Å². The number of aliphatic hydroxyl groups is 1. The van der Waals surface area contributed by atoms with Gasteiger partial charge in [0.05, 0.1) is 0 Å². The van der Waals surface area contributed by atoms with E-state index in [0.717, 1.165) is 0 Å². The molecule has 0 spiro atoms. The van der Waals surface area contributed by atoms with Crippen LogP contribution in [0.5, 0.6) is 0 Å². The molecule has 1 rings (SSSR count). The third-order valence-corrected chi connectivity index (χ3v) is 3.70. The molecule has 1 aromatic heterocycles. The van der Waals surface area contributed by atoms with Crippen molar-refractivity contribution in [3.05, 3.63) is 4.88 Å². The number of nitrogens with two attached hydrogens (primary N) is 1. The van der Waals surface area contributed by atoms with Crippen LogP contribution in [0.15, 0.2) is 0 Å². The molecule has 0 bridgehead atoms. The molecular weight excluding hydrogens is 252 g/mol. The van der Waals surface area contributed by atoms with Crippen LogP contribution in [-0.4, -0.2) is 54.7 Å². The molecule has 0 saturated heterocycles. The van der Waals surface area contributed by atoms with Crippen LogP contribution in [0.25, 0.3) is 0 Å². The minimum Gasteiger partial charge on any atom is -0.396 e. The number of anilines is 2. The number of hydrogen-bond donors (Lipinski definition) is 2. The number of amides is 1. The summed E-state index contributed by atoms with van der Waals surface area (Å²) in [6.07, 6.45) is 0.568. The van der Waals surface area contributed by atoms with Crippen molar-refractivity contribution in [2.75, 3.05) is 44.4 Å². The zero-order chi connectivity index (χ0) is 13.7. The third kappa shape index (κ3) is 3.33. The first kappa shape index (κ1) is 14.7. The van der Waals surface area contributed by atoms with Gasteiger partial charge in [0.15, 0.2) is 5.13 Å². The fraction of sp³-hybridized carbons (Fsp3) is 0.636. The van der Waals surface area contributed by atoms with Gasteiger partial charge >= 0.3 is 0 Å². The standard InChI is InChI=1S/C11H20N4O2S/c1-4-15(6-5-7-16)10(17)8-9(12)13-11(18-8)14(2)3/h16H,4-7,12H2,1-3H3. The maximum atomic E-state index is 12.3. The first-order chi connectivity index (χ1) is 8.51. The Hall–Kier alpha value is -1.34. The number of hydrogen-bond acceptors (Lipinski definition) is 6. The number of aliphatic hydroxyl groups excluding tert-OH is 1. The zero-order valence-electron chi connectivity index (χ0n) is 11.0. The summed E-state index contributed by atoms with van der Waals surface area (Å²) in [5.41, 5.74) is 5.78. The van der Waals surface area contributed by atoms with Gasteiger partial charge in [0.1, 0.15) is 10.7 Å². The number of aromatic nitrogens is 1. The van der Waals surface area contributed by atoms with Gasteiger partial charge in [-0.15, -0.1) is 0 Å². The highest BCUT2D eigenvalue weighted by Crippen LogP contribution is 2.27. The summed E-state index contributed by atoms with van der Waals surface area (Å²) in [5, 5.41) is 9.53. The Kier molecular flexibility index (Phi) is 5.36. The lowest BCUT2D eigenvalue weighted by Gasteiger charge is -2.19. The molecule has 0 aromatic carbocycles. The molecule has 7 heteroatoms. The lowest BCUT2D eigenvalue weighted by Crippen LogP contribution is -2.32. The highest BCUT2D eigenvalue weighted by Gasteiger charge is 2.21. The Bertz CT molecular complexity index is 406. The second-order valence-electron chi connectivity index (χ2n) is 4.07. The van der Waals surface area contributed by atoms with E-state index < -0.39 is 0 Å². The smallest absolute Gasteiger partial charge is 0.267 e. The van der Waals surface area contributed by atoms with Crippen molar-refractivity contribution in [2.24, 2.45) is 0 Å². The normalized spacial score (nSPS) is 10.4. The van der Waals surface area contributed by atoms with Gasteiger partial charge in [-0.1, -0.05) is 11.3 Å². The first-order valence-electron chi connectivity index (χ1n) is 5.85. The van der Waals surface area contributed by atoms with E-state index in [2.05, 4.69) is 4.98 Å². The largest absolute Gasteiger partial charge is 0.396 e. The Morgan fingerprint density at radius 2 is 2.17 bits per heavy atom. The average Bonchev–Trinajstić information content (AvgIpc) is 2.72. The second kappa shape index (κ2) is 6.55. The van der Waals surface area contributed by atoms with Gasteiger partial charge in [-0.25, -0.2) is 4.98 Å². The summed E-state index contributed by atoms with van der Waals surface area (Å²) < 4.78 is 0. The van der Waals surface area contributed by atoms with E-state index in [1.165, 1.54) is 11.3 Å². The molecule has 0 aliphatic carbocycles. The fourth-order valence-corrected chi connectivity index (χ4v) is 2.35. The predicted octanol–water partition coefficient (Wildman–Crippen LogP) is 0.636. The van der Waals surface area contributed by atoms with Gasteiger partial charge in [0.2, 0.25) is 0 Å². The lowest BCUT2D eigenvalue weighted by atomic mass is 10.3. The van der Waals surface area contributed by atoms with Crippen molar-refractivity contribution in [1.29, 1.82) is 0 Å². The molecule has 1 aromatic rings. The van der Waals surface area contributed by atoms with Gasteiger partial charge in [0.25, 0.3) is 5.91 Å². The van der Waals surface area contributed by atoms with Crippen LogP contribution in [0.3, 0.4) is 0 Å². The molecule has 18 heavy (non-hydrogen) atoms. The molecule has 0 aliphatic rings. The van der Waals surface area contributed by atoms with Crippen LogP contribution in [0, 0.1) is 0 Å². The molecule has 0 saturated carbocycles. The highest BCUT2D eigenvalue weighted by molar-refractivity contribution is 7.18. The Morgan fingerprint density at radius 1 is 1.50 bits per heavy atom. The molecule has 3 N–H and O–H groups in total. The number of carbonyl (C=O) groups excluding carboxylic acids is 1. The molecule has 1 amide bonds. The molecule has 0 radical (unpaired) electrons. The van der Waals surface area contributed by atoms with Crippen molar-refractivity contribution in [1.82, 2.24) is 9.88 Å². The molecule has 0 atom stereocenters. The monoisotopic (exact) mass is 272 g/mol. The van der Waals surface area contributed by atoms with Gasteiger partial charge in [-0.3, -0.25) is 4.79 Å². The molecule has 0 unspecified atom stereocenters. The van der Waals surface area contributed by atoms with Crippen LogP contribution in [0.4, 0.5) is 10.9 Å². The topological polar surface area (TPSA) is 82.7 Å². The summed E-state index contributed by atoms with van der Waals surface area (Å²) in [6, 6.07) is 0. The molecule has 1 heterocycles. The highest BCUT2D eigenvalue weighted by atomic mass is 32.1. The van der Waals surface area contributed by atoms with Gasteiger partial charge in [0, 0.05) is 33.8 Å². The quantitative estimate of drug-likeness (QED) is 0.794. The molecule has 102 valence electrons. The van der Waals surface area contributed by atoms with Crippen molar-refractivity contribution >= 4 is 28.2 Å². The summed E-state index contributed by atoms with van der Waals surface area (Å²) in [4.78, 5) is 20.4. The van der Waals surface area contributed by atoms with Crippen LogP contribution < -0.4 is 10.6 Å². The lowest BCUT2D eigenvalue weighted by molar-refractivity contribution is 0.0760. The van der Waals surface area contributed by atoms with Crippen LogP contribution >= 0.6 is 11.3 Å². The van der Waals surface area contributed by atoms with Crippen molar-refractivity contribution in [2.45, 2.75) is 13.3 Å². The number of rotatable bonds is 6. The summed E-state index contributed by atoms with van der Waals surface area (Å²) >= 11 is 1.29. The molecule has 6 nitrogen and oxygen atoms in total. The maximum Gasteiger partial charge on any atom is 0.267 e. The molecule has 0 fully saturated rings. The SMILES string of the molecule is CCN(CCCO)C(=O)c1sc(N(C)C)nc1N.